The van der Waals surface area contributed by atoms with Crippen molar-refractivity contribution in [1.29, 1.82) is 0 Å². The molecule has 1 aliphatic heterocycles. The fourth-order valence-electron chi connectivity index (χ4n) is 5.00. The second-order valence-electron chi connectivity index (χ2n) is 9.30. The minimum Gasteiger partial charge on any atom is -0.367 e. The van der Waals surface area contributed by atoms with Gasteiger partial charge < -0.3 is 20.4 Å². The second kappa shape index (κ2) is 9.61. The smallest absolute Gasteiger partial charge is 0.265 e. The molecule has 2 fully saturated rings. The molecule has 3 heterocycles. The van der Waals surface area contributed by atoms with E-state index in [2.05, 4.69) is 37.4 Å². The zero-order chi connectivity index (χ0) is 24.5. The molecule has 1 saturated carbocycles. The van der Waals surface area contributed by atoms with Crippen LogP contribution >= 0.6 is 0 Å². The van der Waals surface area contributed by atoms with Crippen LogP contribution in [0.15, 0.2) is 35.3 Å². The first-order valence-corrected chi connectivity index (χ1v) is 12.1. The van der Waals surface area contributed by atoms with Gasteiger partial charge >= 0.3 is 0 Å². The average Bonchev–Trinajstić information content (AvgIpc) is 3.38. The molecule has 2 aliphatic rings. The molecule has 0 spiro atoms. The predicted octanol–water partition coefficient (Wildman–Crippen LogP) is 2.90. The first-order valence-electron chi connectivity index (χ1n) is 12.1. The van der Waals surface area contributed by atoms with Gasteiger partial charge in [-0.1, -0.05) is 12.8 Å². The van der Waals surface area contributed by atoms with E-state index in [9.17, 15) is 14.0 Å². The van der Waals surface area contributed by atoms with Crippen molar-refractivity contribution in [1.82, 2.24) is 24.8 Å². The third kappa shape index (κ3) is 4.58. The number of nitrogens with zero attached hydrogens (tertiary/aromatic N) is 5. The topological polar surface area (TPSA) is 95.4 Å². The van der Waals surface area contributed by atoms with Crippen molar-refractivity contribution in [2.75, 3.05) is 50.5 Å². The lowest BCUT2D eigenvalue weighted by Crippen LogP contribution is -2.44. The van der Waals surface area contributed by atoms with Crippen LogP contribution in [0, 0.1) is 5.82 Å². The predicted molar refractivity (Wildman–Crippen MR) is 134 cm³/mol. The molecular formula is C25H30FN7O2. The third-order valence-corrected chi connectivity index (χ3v) is 6.98. The fraction of sp³-hybridized carbons (Fsp3) is 0.440. The summed E-state index contributed by atoms with van der Waals surface area (Å²) >= 11 is 0. The maximum Gasteiger partial charge on any atom is 0.265 e. The number of benzene rings is 1. The van der Waals surface area contributed by atoms with E-state index in [1.165, 1.54) is 19.2 Å². The van der Waals surface area contributed by atoms with Crippen LogP contribution in [-0.4, -0.2) is 65.6 Å². The molecule has 184 valence electrons. The maximum absolute atomic E-state index is 14.9. The number of nitrogens with one attached hydrogen (secondary N) is 2. The fourth-order valence-corrected chi connectivity index (χ4v) is 5.00. The molecule has 35 heavy (non-hydrogen) atoms. The van der Waals surface area contributed by atoms with E-state index < -0.39 is 5.91 Å². The number of anilines is 3. The summed E-state index contributed by atoms with van der Waals surface area (Å²) in [5.41, 5.74) is 1.31. The van der Waals surface area contributed by atoms with E-state index in [-0.39, 0.29) is 28.9 Å². The van der Waals surface area contributed by atoms with E-state index in [4.69, 9.17) is 0 Å². The molecule has 1 amide bonds. The highest BCUT2D eigenvalue weighted by atomic mass is 19.1. The van der Waals surface area contributed by atoms with Crippen LogP contribution < -0.4 is 21.1 Å². The highest BCUT2D eigenvalue weighted by Crippen LogP contribution is 2.31. The molecule has 1 saturated heterocycles. The van der Waals surface area contributed by atoms with Gasteiger partial charge in [-0.05, 0) is 44.2 Å². The number of amides is 1. The van der Waals surface area contributed by atoms with Gasteiger partial charge in [0.15, 0.2) is 0 Å². The molecule has 2 N–H and O–H groups in total. The monoisotopic (exact) mass is 479 g/mol. The van der Waals surface area contributed by atoms with E-state index >= 15 is 0 Å². The number of rotatable bonds is 5. The molecule has 2 aromatic heterocycles. The average molecular weight is 480 g/mol. The minimum atomic E-state index is -0.429. The first-order chi connectivity index (χ1) is 16.9. The summed E-state index contributed by atoms with van der Waals surface area (Å²) in [6.45, 7) is 3.36. The van der Waals surface area contributed by atoms with Crippen LogP contribution in [0.5, 0.6) is 0 Å². The number of carbonyl (C=O) groups is 1. The number of carbonyl (C=O) groups excluding carboxylic acids is 1. The highest BCUT2D eigenvalue weighted by molar-refractivity contribution is 5.96. The molecule has 1 aromatic carbocycles. The standard InChI is InChI=1S/C25H30FN7O2/c1-27-23(34)19-13-16-15-28-25(30-22(16)33(24(19)35)18-5-3-4-6-18)29-17-7-8-21(20(26)14-17)32-11-9-31(2)10-12-32/h7-8,13-15,18H,3-6,9-12H2,1-2H3,(H,27,34)(H,28,29,30). The molecule has 3 aromatic rings. The number of aromatic nitrogens is 3. The van der Waals surface area contributed by atoms with E-state index in [0.29, 0.717) is 22.4 Å². The Kier molecular flexibility index (Phi) is 6.38. The quantitative estimate of drug-likeness (QED) is 0.581. The normalized spacial score (nSPS) is 17.2. The zero-order valence-corrected chi connectivity index (χ0v) is 20.1. The molecule has 0 bridgehead atoms. The van der Waals surface area contributed by atoms with Crippen LogP contribution in [0.4, 0.5) is 21.7 Å². The molecule has 1 aliphatic carbocycles. The van der Waals surface area contributed by atoms with Gasteiger partial charge in [0.25, 0.3) is 11.5 Å². The summed E-state index contributed by atoms with van der Waals surface area (Å²) < 4.78 is 16.6. The molecule has 10 heteroatoms. The number of piperazine rings is 1. The van der Waals surface area contributed by atoms with Gasteiger partial charge in [0.05, 0.1) is 5.69 Å². The van der Waals surface area contributed by atoms with Gasteiger partial charge in [-0.15, -0.1) is 0 Å². The largest absolute Gasteiger partial charge is 0.367 e. The molecule has 9 nitrogen and oxygen atoms in total. The lowest BCUT2D eigenvalue weighted by molar-refractivity contribution is 0.0961. The lowest BCUT2D eigenvalue weighted by atomic mass is 10.1. The van der Waals surface area contributed by atoms with Crippen molar-refractivity contribution in [3.8, 4) is 0 Å². The van der Waals surface area contributed by atoms with Gasteiger partial charge in [0, 0.05) is 56.5 Å². The Bertz CT molecular complexity index is 1310. The summed E-state index contributed by atoms with van der Waals surface area (Å²) in [6, 6.07) is 6.55. The van der Waals surface area contributed by atoms with E-state index in [1.54, 1.807) is 16.8 Å². The van der Waals surface area contributed by atoms with Crippen molar-refractivity contribution in [3.63, 3.8) is 0 Å². The summed E-state index contributed by atoms with van der Waals surface area (Å²) in [7, 11) is 3.57. The van der Waals surface area contributed by atoms with Gasteiger partial charge in [0.1, 0.15) is 17.0 Å². The van der Waals surface area contributed by atoms with Crippen molar-refractivity contribution < 1.29 is 9.18 Å². The molecule has 0 atom stereocenters. The van der Waals surface area contributed by atoms with Crippen molar-refractivity contribution in [2.45, 2.75) is 31.7 Å². The zero-order valence-electron chi connectivity index (χ0n) is 20.1. The van der Waals surface area contributed by atoms with Crippen LogP contribution in [0.2, 0.25) is 0 Å². The Morgan fingerprint density at radius 3 is 2.54 bits per heavy atom. The minimum absolute atomic E-state index is 0.0160. The van der Waals surface area contributed by atoms with E-state index in [0.717, 1.165) is 51.9 Å². The lowest BCUT2D eigenvalue weighted by Gasteiger charge is -2.34. The third-order valence-electron chi connectivity index (χ3n) is 6.98. The number of pyridine rings is 1. The summed E-state index contributed by atoms with van der Waals surface area (Å²) in [4.78, 5) is 38.9. The first kappa shape index (κ1) is 23.2. The number of halogens is 1. The second-order valence-corrected chi connectivity index (χ2v) is 9.30. The Morgan fingerprint density at radius 1 is 1.11 bits per heavy atom. The highest BCUT2D eigenvalue weighted by Gasteiger charge is 2.24. The SMILES string of the molecule is CNC(=O)c1cc2cnc(Nc3ccc(N4CCN(C)CC4)c(F)c3)nc2n(C2CCCC2)c1=O. The van der Waals surface area contributed by atoms with Crippen LogP contribution in [0.1, 0.15) is 42.1 Å². The van der Waals surface area contributed by atoms with Crippen molar-refractivity contribution >= 4 is 34.3 Å². The number of hydrogen-bond acceptors (Lipinski definition) is 7. The number of fused-ring (bicyclic) bond motifs is 1. The van der Waals surface area contributed by atoms with Crippen molar-refractivity contribution in [2.24, 2.45) is 0 Å². The summed E-state index contributed by atoms with van der Waals surface area (Å²) in [5.74, 6) is -0.469. The maximum atomic E-state index is 14.9. The van der Waals surface area contributed by atoms with Gasteiger partial charge in [0.2, 0.25) is 5.95 Å². The van der Waals surface area contributed by atoms with Gasteiger partial charge in [-0.3, -0.25) is 14.2 Å². The number of likely N-dealkylation sites (N-methyl/N-ethyl adjacent to an activating group) is 1. The van der Waals surface area contributed by atoms with E-state index in [1.807, 2.05) is 6.07 Å². The van der Waals surface area contributed by atoms with Crippen LogP contribution in [-0.2, 0) is 0 Å². The van der Waals surface area contributed by atoms with Gasteiger partial charge in [-0.2, -0.15) is 4.98 Å². The summed E-state index contributed by atoms with van der Waals surface area (Å²) in [6.07, 6.45) is 5.36. The molecular weight excluding hydrogens is 449 g/mol. The summed E-state index contributed by atoms with van der Waals surface area (Å²) in [5, 5.41) is 6.22. The Hall–Kier alpha value is -3.53. The molecule has 5 rings (SSSR count). The van der Waals surface area contributed by atoms with Crippen molar-refractivity contribution in [3.05, 3.63) is 52.2 Å². The molecule has 0 radical (unpaired) electrons. The van der Waals surface area contributed by atoms with Crippen LogP contribution in [0.3, 0.4) is 0 Å². The number of hydrogen-bond donors (Lipinski definition) is 2. The van der Waals surface area contributed by atoms with Gasteiger partial charge in [-0.25, -0.2) is 9.37 Å². The Balaban J connectivity index is 1.47. The Labute approximate surface area is 203 Å². The molecule has 0 unspecified atom stereocenters. The van der Waals surface area contributed by atoms with Crippen LogP contribution in [0.25, 0.3) is 11.0 Å². The Morgan fingerprint density at radius 2 is 1.86 bits per heavy atom.